The van der Waals surface area contributed by atoms with E-state index in [1.165, 1.54) is 0 Å². The highest BCUT2D eigenvalue weighted by molar-refractivity contribution is 9.10. The van der Waals surface area contributed by atoms with Gasteiger partial charge in [-0.1, -0.05) is 12.1 Å². The minimum Gasteiger partial charge on any atom is -0.364 e. The van der Waals surface area contributed by atoms with E-state index in [1.54, 1.807) is 18.9 Å². The molecule has 0 spiro atoms. The van der Waals surface area contributed by atoms with E-state index in [4.69, 9.17) is 0 Å². The molecule has 1 heterocycles. The number of carbonyl (C=O) groups is 1. The van der Waals surface area contributed by atoms with E-state index < -0.39 is 0 Å². The monoisotopic (exact) mass is 372 g/mol. The zero-order valence-electron chi connectivity index (χ0n) is 13.2. The Morgan fingerprint density at radius 2 is 2.09 bits per heavy atom. The van der Waals surface area contributed by atoms with Gasteiger partial charge >= 0.3 is 0 Å². The SMILES string of the molecule is Cc1cc(N(C)CC(=O)Nc2ccccc2Br)c(C#N)c(C)n1. The second-order valence-corrected chi connectivity index (χ2v) is 6.09. The Bertz CT molecular complexity index is 783. The fraction of sp³-hybridized carbons (Fsp3) is 0.235. The molecule has 0 bridgehead atoms. The summed E-state index contributed by atoms with van der Waals surface area (Å²) in [5, 5.41) is 12.2. The van der Waals surface area contributed by atoms with Gasteiger partial charge in [-0.25, -0.2) is 0 Å². The molecule has 118 valence electrons. The summed E-state index contributed by atoms with van der Waals surface area (Å²) >= 11 is 3.40. The molecule has 1 amide bonds. The maximum atomic E-state index is 12.2. The second-order valence-electron chi connectivity index (χ2n) is 5.24. The third-order valence-electron chi connectivity index (χ3n) is 3.36. The van der Waals surface area contributed by atoms with Gasteiger partial charge in [0.25, 0.3) is 0 Å². The number of likely N-dealkylation sites (N-methyl/N-ethyl adjacent to an activating group) is 1. The number of aryl methyl sites for hydroxylation is 2. The molecule has 0 aliphatic carbocycles. The van der Waals surface area contributed by atoms with Crippen LogP contribution in [0, 0.1) is 25.2 Å². The molecule has 6 heteroatoms. The van der Waals surface area contributed by atoms with Crippen molar-refractivity contribution in [1.82, 2.24) is 4.98 Å². The van der Waals surface area contributed by atoms with Gasteiger partial charge in [-0.15, -0.1) is 0 Å². The number of aromatic nitrogens is 1. The lowest BCUT2D eigenvalue weighted by molar-refractivity contribution is -0.114. The van der Waals surface area contributed by atoms with E-state index in [2.05, 4.69) is 32.3 Å². The molecule has 0 atom stereocenters. The summed E-state index contributed by atoms with van der Waals surface area (Å²) in [5.41, 5.74) is 3.40. The van der Waals surface area contributed by atoms with Gasteiger partial charge in [0, 0.05) is 17.2 Å². The highest BCUT2D eigenvalue weighted by Gasteiger charge is 2.15. The molecule has 5 nitrogen and oxygen atoms in total. The van der Waals surface area contributed by atoms with Gasteiger partial charge in [-0.05, 0) is 48.0 Å². The molecule has 0 fully saturated rings. The van der Waals surface area contributed by atoms with Crippen LogP contribution in [0.5, 0.6) is 0 Å². The number of nitrogens with zero attached hydrogens (tertiary/aromatic N) is 3. The first-order valence-electron chi connectivity index (χ1n) is 7.06. The van der Waals surface area contributed by atoms with Crippen molar-refractivity contribution in [3.8, 4) is 6.07 Å². The number of halogens is 1. The smallest absolute Gasteiger partial charge is 0.243 e. The van der Waals surface area contributed by atoms with Crippen molar-refractivity contribution >= 4 is 33.2 Å². The minimum absolute atomic E-state index is 0.138. The summed E-state index contributed by atoms with van der Waals surface area (Å²) in [6, 6.07) is 11.4. The quantitative estimate of drug-likeness (QED) is 0.892. The molecule has 0 aliphatic heterocycles. The van der Waals surface area contributed by atoms with Crippen LogP contribution in [0.2, 0.25) is 0 Å². The first-order chi connectivity index (χ1) is 10.9. The molecule has 2 rings (SSSR count). The van der Waals surface area contributed by atoms with Crippen LogP contribution in [0.4, 0.5) is 11.4 Å². The van der Waals surface area contributed by atoms with Crippen LogP contribution in [0.15, 0.2) is 34.8 Å². The van der Waals surface area contributed by atoms with E-state index in [1.807, 2.05) is 37.3 Å². The number of nitrogens with one attached hydrogen (secondary N) is 1. The molecule has 0 aliphatic rings. The number of hydrogen-bond donors (Lipinski definition) is 1. The van der Waals surface area contributed by atoms with E-state index >= 15 is 0 Å². The molecule has 23 heavy (non-hydrogen) atoms. The van der Waals surface area contributed by atoms with Crippen molar-refractivity contribution < 1.29 is 4.79 Å². The molecule has 1 N–H and O–H groups in total. The van der Waals surface area contributed by atoms with E-state index in [9.17, 15) is 10.1 Å². The number of benzene rings is 1. The van der Waals surface area contributed by atoms with Crippen molar-refractivity contribution in [3.63, 3.8) is 0 Å². The number of nitriles is 1. The Morgan fingerprint density at radius 3 is 2.74 bits per heavy atom. The number of rotatable bonds is 4. The zero-order valence-corrected chi connectivity index (χ0v) is 14.8. The Balaban J connectivity index is 2.16. The summed E-state index contributed by atoms with van der Waals surface area (Å²) < 4.78 is 0.823. The molecule has 0 radical (unpaired) electrons. The van der Waals surface area contributed by atoms with E-state index in [0.29, 0.717) is 22.6 Å². The summed E-state index contributed by atoms with van der Waals surface area (Å²) in [6.45, 7) is 3.80. The van der Waals surface area contributed by atoms with E-state index in [0.717, 1.165) is 10.2 Å². The van der Waals surface area contributed by atoms with Crippen molar-refractivity contribution in [2.45, 2.75) is 13.8 Å². The van der Waals surface area contributed by atoms with Crippen LogP contribution < -0.4 is 10.2 Å². The van der Waals surface area contributed by atoms with Crippen molar-refractivity contribution in [1.29, 1.82) is 5.26 Å². The number of amides is 1. The Labute approximate surface area is 144 Å². The van der Waals surface area contributed by atoms with Gasteiger partial charge in [0.1, 0.15) is 6.07 Å². The predicted octanol–water partition coefficient (Wildman–Crippen LogP) is 3.41. The molecule has 0 saturated heterocycles. The fourth-order valence-electron chi connectivity index (χ4n) is 2.30. The van der Waals surface area contributed by atoms with Gasteiger partial charge in [-0.2, -0.15) is 5.26 Å². The Hall–Kier alpha value is -2.39. The fourth-order valence-corrected chi connectivity index (χ4v) is 2.68. The van der Waals surface area contributed by atoms with Gasteiger partial charge in [0.15, 0.2) is 0 Å². The number of pyridine rings is 1. The van der Waals surface area contributed by atoms with Crippen LogP contribution in [0.3, 0.4) is 0 Å². The molecular formula is C17H17BrN4O. The largest absolute Gasteiger partial charge is 0.364 e. The lowest BCUT2D eigenvalue weighted by Gasteiger charge is -2.21. The molecule has 2 aromatic rings. The molecule has 1 aromatic carbocycles. The van der Waals surface area contributed by atoms with Crippen LogP contribution in [0.25, 0.3) is 0 Å². The number of anilines is 2. The van der Waals surface area contributed by atoms with Crippen molar-refractivity contribution in [2.75, 3.05) is 23.8 Å². The molecule has 0 saturated carbocycles. The normalized spacial score (nSPS) is 10.0. The van der Waals surface area contributed by atoms with Crippen LogP contribution >= 0.6 is 15.9 Å². The van der Waals surface area contributed by atoms with Gasteiger partial charge < -0.3 is 10.2 Å². The first kappa shape index (κ1) is 17.0. The van der Waals surface area contributed by atoms with Crippen LogP contribution in [-0.4, -0.2) is 24.5 Å². The highest BCUT2D eigenvalue weighted by atomic mass is 79.9. The van der Waals surface area contributed by atoms with Crippen LogP contribution in [-0.2, 0) is 4.79 Å². The summed E-state index contributed by atoms with van der Waals surface area (Å²) in [7, 11) is 1.79. The number of hydrogen-bond acceptors (Lipinski definition) is 4. The predicted molar refractivity (Wildman–Crippen MR) is 94.5 cm³/mol. The topological polar surface area (TPSA) is 69.0 Å². The third-order valence-corrected chi connectivity index (χ3v) is 4.05. The molecular weight excluding hydrogens is 356 g/mol. The highest BCUT2D eigenvalue weighted by Crippen LogP contribution is 2.23. The van der Waals surface area contributed by atoms with Crippen molar-refractivity contribution in [3.05, 3.63) is 51.8 Å². The number of para-hydroxylation sites is 1. The average molecular weight is 373 g/mol. The average Bonchev–Trinajstić information content (AvgIpc) is 2.48. The third kappa shape index (κ3) is 4.08. The Morgan fingerprint density at radius 1 is 1.39 bits per heavy atom. The summed E-state index contributed by atoms with van der Waals surface area (Å²) in [5.74, 6) is -0.157. The standard InChI is InChI=1S/C17H17BrN4O/c1-11-8-16(13(9-19)12(2)20-11)22(3)10-17(23)21-15-7-5-4-6-14(15)18/h4-8H,10H2,1-3H3,(H,21,23). The van der Waals surface area contributed by atoms with Crippen molar-refractivity contribution in [2.24, 2.45) is 0 Å². The zero-order chi connectivity index (χ0) is 17.0. The maximum Gasteiger partial charge on any atom is 0.243 e. The maximum absolute atomic E-state index is 12.2. The lowest BCUT2D eigenvalue weighted by Crippen LogP contribution is -2.31. The van der Waals surface area contributed by atoms with Gasteiger partial charge in [0.2, 0.25) is 5.91 Å². The Kier molecular flexibility index (Phi) is 5.35. The first-order valence-corrected chi connectivity index (χ1v) is 7.85. The molecule has 1 aromatic heterocycles. The van der Waals surface area contributed by atoms with E-state index in [-0.39, 0.29) is 12.5 Å². The summed E-state index contributed by atoms with van der Waals surface area (Å²) in [6.07, 6.45) is 0. The number of carbonyl (C=O) groups excluding carboxylic acids is 1. The van der Waals surface area contributed by atoms with Crippen LogP contribution in [0.1, 0.15) is 17.0 Å². The molecule has 0 unspecified atom stereocenters. The van der Waals surface area contributed by atoms with Gasteiger partial charge in [0.05, 0.1) is 29.2 Å². The minimum atomic E-state index is -0.157. The second kappa shape index (κ2) is 7.25. The lowest BCUT2D eigenvalue weighted by atomic mass is 10.1. The van der Waals surface area contributed by atoms with Gasteiger partial charge in [-0.3, -0.25) is 9.78 Å². The summed E-state index contributed by atoms with van der Waals surface area (Å²) in [4.78, 5) is 18.3.